The van der Waals surface area contributed by atoms with Gasteiger partial charge in [0.25, 0.3) is 0 Å². The maximum absolute atomic E-state index is 5.02. The molecule has 0 saturated heterocycles. The Labute approximate surface area is 259 Å². The Morgan fingerprint density at radius 1 is 0.409 bits per heavy atom. The van der Waals surface area contributed by atoms with Crippen molar-refractivity contribution >= 4 is 81.0 Å². The third-order valence-corrected chi connectivity index (χ3v) is 9.78. The molecule has 0 amide bonds. The highest BCUT2D eigenvalue weighted by Gasteiger charge is 2.17. The Hall–Kier alpha value is -5.51. The van der Waals surface area contributed by atoms with Crippen molar-refractivity contribution in [1.29, 1.82) is 0 Å². The van der Waals surface area contributed by atoms with Crippen molar-refractivity contribution in [3.8, 4) is 11.1 Å². The van der Waals surface area contributed by atoms with Crippen LogP contribution in [0.15, 0.2) is 158 Å². The molecule has 0 aliphatic carbocycles. The van der Waals surface area contributed by atoms with E-state index in [9.17, 15) is 0 Å². The first-order chi connectivity index (χ1) is 21.8. The summed E-state index contributed by atoms with van der Waals surface area (Å²) < 4.78 is 2.45. The second kappa shape index (κ2) is 10.0. The van der Waals surface area contributed by atoms with Crippen LogP contribution in [0.25, 0.3) is 63.7 Å². The van der Waals surface area contributed by atoms with E-state index in [1.54, 1.807) is 11.3 Å². The molecule has 0 fully saturated rings. The predicted molar refractivity (Wildman–Crippen MR) is 190 cm³/mol. The smallest absolute Gasteiger partial charge is 0.0890 e. The topological polar surface area (TPSA) is 16.1 Å². The molecule has 2 nitrogen and oxygen atoms in total. The summed E-state index contributed by atoms with van der Waals surface area (Å²) in [7, 11) is 0. The number of pyridine rings is 1. The fraction of sp³-hybridized carbons (Fsp3) is 0. The van der Waals surface area contributed by atoms with E-state index in [0.29, 0.717) is 0 Å². The Morgan fingerprint density at radius 2 is 1.05 bits per heavy atom. The van der Waals surface area contributed by atoms with Crippen LogP contribution in [0, 0.1) is 0 Å². The molecule has 7 aromatic carbocycles. The first-order valence-electron chi connectivity index (χ1n) is 14.9. The van der Waals surface area contributed by atoms with Crippen LogP contribution < -0.4 is 4.90 Å². The lowest BCUT2D eigenvalue weighted by Crippen LogP contribution is -2.10. The van der Waals surface area contributed by atoms with E-state index in [0.717, 1.165) is 22.6 Å². The molecule has 0 spiro atoms. The highest BCUT2D eigenvalue weighted by atomic mass is 32.1. The molecular formula is C41H26N2S. The van der Waals surface area contributed by atoms with Crippen molar-refractivity contribution in [3.05, 3.63) is 158 Å². The molecule has 9 aromatic rings. The van der Waals surface area contributed by atoms with Gasteiger partial charge in [0.05, 0.1) is 22.1 Å². The van der Waals surface area contributed by atoms with E-state index in [4.69, 9.17) is 4.98 Å². The summed E-state index contributed by atoms with van der Waals surface area (Å²) in [4.78, 5) is 7.36. The quantitative estimate of drug-likeness (QED) is 0.193. The predicted octanol–water partition coefficient (Wildman–Crippen LogP) is 12.0. The van der Waals surface area contributed by atoms with Gasteiger partial charge in [-0.15, -0.1) is 11.3 Å². The van der Waals surface area contributed by atoms with E-state index in [1.165, 1.54) is 58.2 Å². The van der Waals surface area contributed by atoms with Crippen molar-refractivity contribution < 1.29 is 0 Å². The third kappa shape index (κ3) is 4.05. The van der Waals surface area contributed by atoms with Crippen molar-refractivity contribution in [1.82, 2.24) is 4.98 Å². The van der Waals surface area contributed by atoms with Crippen molar-refractivity contribution in [3.63, 3.8) is 0 Å². The van der Waals surface area contributed by atoms with Gasteiger partial charge < -0.3 is 4.90 Å². The number of anilines is 3. The molecule has 0 unspecified atom stereocenters. The zero-order valence-corrected chi connectivity index (χ0v) is 24.6. The molecule has 0 aliphatic heterocycles. The molecule has 2 heterocycles. The van der Waals surface area contributed by atoms with Crippen LogP contribution in [-0.4, -0.2) is 4.98 Å². The molecule has 9 rings (SSSR count). The molecule has 0 bridgehead atoms. The molecular weight excluding hydrogens is 553 g/mol. The van der Waals surface area contributed by atoms with Gasteiger partial charge in [0.1, 0.15) is 0 Å². The number of thiophene rings is 1. The SMILES string of the molecule is c1ccc(-c2ccc(N(c3cnc4c(c3)sc3ccccc34)c3ccc4ccc5c6ccccc6ccc5c4c3)cc2)cc1. The number of hydrogen-bond acceptors (Lipinski definition) is 3. The fourth-order valence-corrected chi connectivity index (χ4v) is 7.63. The standard InChI is InChI=1S/C41H26N2S/c1-2-8-27(9-3-1)28-14-19-31(20-15-28)43(33-25-40-41(42-26-33)37-12-6-7-13-39(37)44-40)32-21-16-30-18-22-35-34-11-5-4-10-29(34)17-23-36(35)38(30)24-32/h1-26H. The highest BCUT2D eigenvalue weighted by molar-refractivity contribution is 7.25. The number of nitrogens with zero attached hydrogens (tertiary/aromatic N) is 2. The molecule has 44 heavy (non-hydrogen) atoms. The minimum absolute atomic E-state index is 1.04. The Bertz CT molecular complexity index is 2490. The van der Waals surface area contributed by atoms with Crippen molar-refractivity contribution in [2.24, 2.45) is 0 Å². The monoisotopic (exact) mass is 578 g/mol. The molecule has 3 heteroatoms. The van der Waals surface area contributed by atoms with E-state index in [1.807, 2.05) is 6.20 Å². The zero-order chi connectivity index (χ0) is 29.0. The Morgan fingerprint density at radius 3 is 1.89 bits per heavy atom. The molecule has 206 valence electrons. The molecule has 2 aromatic heterocycles. The number of aromatic nitrogens is 1. The average molecular weight is 579 g/mol. The molecule has 0 saturated carbocycles. The maximum Gasteiger partial charge on any atom is 0.0890 e. The number of hydrogen-bond donors (Lipinski definition) is 0. The van der Waals surface area contributed by atoms with Crippen LogP contribution in [0.4, 0.5) is 17.1 Å². The van der Waals surface area contributed by atoms with E-state index >= 15 is 0 Å². The van der Waals surface area contributed by atoms with E-state index < -0.39 is 0 Å². The van der Waals surface area contributed by atoms with Gasteiger partial charge >= 0.3 is 0 Å². The second-order valence-corrected chi connectivity index (χ2v) is 12.3. The Kier molecular flexibility index (Phi) is 5.71. The first-order valence-corrected chi connectivity index (χ1v) is 15.7. The summed E-state index contributed by atoms with van der Waals surface area (Å²) >= 11 is 1.80. The van der Waals surface area contributed by atoms with E-state index in [2.05, 4.69) is 157 Å². The van der Waals surface area contributed by atoms with Gasteiger partial charge in [0, 0.05) is 21.5 Å². The van der Waals surface area contributed by atoms with Gasteiger partial charge in [0.2, 0.25) is 0 Å². The van der Waals surface area contributed by atoms with Gasteiger partial charge in [0.15, 0.2) is 0 Å². The minimum Gasteiger partial charge on any atom is -0.309 e. The summed E-state index contributed by atoms with van der Waals surface area (Å²) in [5.74, 6) is 0. The summed E-state index contributed by atoms with van der Waals surface area (Å²) in [5, 5.41) is 8.77. The lowest BCUT2D eigenvalue weighted by Gasteiger charge is -2.26. The van der Waals surface area contributed by atoms with Gasteiger partial charge in [-0.05, 0) is 79.8 Å². The van der Waals surface area contributed by atoms with Gasteiger partial charge in [-0.1, -0.05) is 115 Å². The summed E-state index contributed by atoms with van der Waals surface area (Å²) in [6.45, 7) is 0. The van der Waals surface area contributed by atoms with Gasteiger partial charge in [-0.2, -0.15) is 0 Å². The number of benzene rings is 7. The van der Waals surface area contributed by atoms with Gasteiger partial charge in [-0.3, -0.25) is 4.98 Å². The molecule has 0 radical (unpaired) electrons. The zero-order valence-electron chi connectivity index (χ0n) is 23.8. The minimum atomic E-state index is 1.04. The maximum atomic E-state index is 5.02. The van der Waals surface area contributed by atoms with Crippen molar-refractivity contribution in [2.75, 3.05) is 4.90 Å². The average Bonchev–Trinajstić information content (AvgIpc) is 3.47. The summed E-state index contributed by atoms with van der Waals surface area (Å²) in [6.07, 6.45) is 2.02. The lowest BCUT2D eigenvalue weighted by molar-refractivity contribution is 1.26. The van der Waals surface area contributed by atoms with Crippen LogP contribution in [0.3, 0.4) is 0 Å². The summed E-state index contributed by atoms with van der Waals surface area (Å²) in [6, 6.07) is 54.7. The van der Waals surface area contributed by atoms with Crippen LogP contribution >= 0.6 is 11.3 Å². The second-order valence-electron chi connectivity index (χ2n) is 11.2. The third-order valence-electron chi connectivity index (χ3n) is 8.68. The first kappa shape index (κ1) is 25.0. The number of fused-ring (bicyclic) bond motifs is 8. The van der Waals surface area contributed by atoms with Crippen molar-refractivity contribution in [2.45, 2.75) is 0 Å². The normalized spacial score (nSPS) is 11.6. The highest BCUT2D eigenvalue weighted by Crippen LogP contribution is 2.41. The van der Waals surface area contributed by atoms with Gasteiger partial charge in [-0.25, -0.2) is 0 Å². The fourth-order valence-electron chi connectivity index (χ4n) is 6.53. The lowest BCUT2D eigenvalue weighted by atomic mass is 9.96. The molecule has 0 aliphatic rings. The molecule has 0 atom stereocenters. The van der Waals surface area contributed by atoms with Crippen LogP contribution in [-0.2, 0) is 0 Å². The van der Waals surface area contributed by atoms with E-state index in [-0.39, 0.29) is 0 Å². The number of rotatable bonds is 4. The molecule has 0 N–H and O–H groups in total. The van der Waals surface area contributed by atoms with Crippen LogP contribution in [0.5, 0.6) is 0 Å². The largest absolute Gasteiger partial charge is 0.309 e. The van der Waals surface area contributed by atoms with Crippen LogP contribution in [0.2, 0.25) is 0 Å². The summed E-state index contributed by atoms with van der Waals surface area (Å²) in [5.41, 5.74) is 6.71. The van der Waals surface area contributed by atoms with Crippen LogP contribution in [0.1, 0.15) is 0 Å². The Balaban J connectivity index is 1.25.